The molecule has 0 saturated carbocycles. The molecule has 0 heterocycles. The number of rotatable bonds is 4. The molecule has 0 aliphatic carbocycles. The Morgan fingerprint density at radius 1 is 1.41 bits per heavy atom. The van der Waals surface area contributed by atoms with E-state index >= 15 is 0 Å². The average molecular weight is 267 g/mol. The third-order valence-corrected chi connectivity index (χ3v) is 2.53. The summed E-state index contributed by atoms with van der Waals surface area (Å²) in [6.45, 7) is 2.36. The molecule has 1 aromatic carbocycles. The predicted molar refractivity (Wildman–Crippen MR) is 63.2 cm³/mol. The van der Waals surface area contributed by atoms with Crippen LogP contribution in [0.1, 0.15) is 18.9 Å². The fourth-order valence-corrected chi connectivity index (χ4v) is 1.52. The van der Waals surface area contributed by atoms with Crippen molar-refractivity contribution in [3.05, 3.63) is 28.8 Å². The van der Waals surface area contributed by atoms with E-state index < -0.39 is 11.7 Å². The van der Waals surface area contributed by atoms with Crippen LogP contribution in [0.2, 0.25) is 5.02 Å². The molecule has 0 aliphatic rings. The van der Waals surface area contributed by atoms with Crippen LogP contribution in [0.5, 0.6) is 0 Å². The molecule has 3 N–H and O–H groups in total. The van der Waals surface area contributed by atoms with Gasteiger partial charge >= 0.3 is 6.18 Å². The molecule has 0 bridgehead atoms. The molecule has 1 unspecified atom stereocenters. The van der Waals surface area contributed by atoms with Crippen molar-refractivity contribution in [1.82, 2.24) is 0 Å². The van der Waals surface area contributed by atoms with Crippen LogP contribution in [0, 0.1) is 0 Å². The van der Waals surface area contributed by atoms with Gasteiger partial charge in [0, 0.05) is 18.3 Å². The highest BCUT2D eigenvalue weighted by atomic mass is 35.5. The van der Waals surface area contributed by atoms with Gasteiger partial charge in [-0.1, -0.05) is 11.6 Å². The number of alkyl halides is 3. The highest BCUT2D eigenvalue weighted by Gasteiger charge is 2.33. The first-order valence-electron chi connectivity index (χ1n) is 5.17. The van der Waals surface area contributed by atoms with E-state index in [1.807, 2.05) is 6.92 Å². The molecule has 0 aromatic heterocycles. The lowest BCUT2D eigenvalue weighted by atomic mass is 10.2. The van der Waals surface area contributed by atoms with Gasteiger partial charge in [0.2, 0.25) is 0 Å². The number of halogens is 4. The Kier molecular flexibility index (Phi) is 4.65. The lowest BCUT2D eigenvalue weighted by molar-refractivity contribution is -0.137. The summed E-state index contributed by atoms with van der Waals surface area (Å²) in [4.78, 5) is 0. The summed E-state index contributed by atoms with van der Waals surface area (Å²) in [5.74, 6) is 0. The minimum Gasteiger partial charge on any atom is -0.385 e. The standard InChI is InChI=1S/C11H14ClF3N2/c1-7(16)4-5-17-8-2-3-10(12)9(6-8)11(13,14)15/h2-3,6-7,17H,4-5,16H2,1H3. The second kappa shape index (κ2) is 5.60. The molecule has 0 fully saturated rings. The van der Waals surface area contributed by atoms with Crippen LogP contribution in [0.15, 0.2) is 18.2 Å². The summed E-state index contributed by atoms with van der Waals surface area (Å²) in [5, 5.41) is 2.58. The van der Waals surface area contributed by atoms with Gasteiger partial charge in [-0.05, 0) is 31.5 Å². The SMILES string of the molecule is CC(N)CCNc1ccc(Cl)c(C(F)(F)F)c1. The fraction of sp³-hybridized carbons (Fsp3) is 0.455. The van der Waals surface area contributed by atoms with E-state index in [1.54, 1.807) is 0 Å². The number of benzene rings is 1. The van der Waals surface area contributed by atoms with Crippen molar-refractivity contribution in [2.45, 2.75) is 25.6 Å². The number of hydrogen-bond acceptors (Lipinski definition) is 2. The number of nitrogens with one attached hydrogen (secondary N) is 1. The zero-order chi connectivity index (χ0) is 13.1. The molecular formula is C11H14ClF3N2. The van der Waals surface area contributed by atoms with Crippen molar-refractivity contribution >= 4 is 17.3 Å². The van der Waals surface area contributed by atoms with Crippen LogP contribution >= 0.6 is 11.6 Å². The quantitative estimate of drug-likeness (QED) is 0.875. The fourth-order valence-electron chi connectivity index (χ4n) is 1.30. The molecule has 0 spiro atoms. The van der Waals surface area contributed by atoms with Gasteiger partial charge in [0.25, 0.3) is 0 Å². The van der Waals surface area contributed by atoms with Gasteiger partial charge in [-0.15, -0.1) is 0 Å². The minimum atomic E-state index is -4.43. The molecule has 1 atom stereocenters. The van der Waals surface area contributed by atoms with Crippen LogP contribution < -0.4 is 11.1 Å². The molecule has 0 amide bonds. The van der Waals surface area contributed by atoms with Gasteiger partial charge in [0.05, 0.1) is 10.6 Å². The number of anilines is 1. The van der Waals surface area contributed by atoms with Gasteiger partial charge in [-0.2, -0.15) is 13.2 Å². The molecule has 0 radical (unpaired) electrons. The highest BCUT2D eigenvalue weighted by Crippen LogP contribution is 2.36. The summed E-state index contributed by atoms with van der Waals surface area (Å²) in [6, 6.07) is 3.76. The topological polar surface area (TPSA) is 38.0 Å². The lowest BCUT2D eigenvalue weighted by Gasteiger charge is -2.13. The largest absolute Gasteiger partial charge is 0.417 e. The summed E-state index contributed by atoms with van der Waals surface area (Å²) < 4.78 is 37.6. The average Bonchev–Trinajstić information content (AvgIpc) is 2.18. The Labute approximate surface area is 103 Å². The molecule has 6 heteroatoms. The van der Waals surface area contributed by atoms with Crippen molar-refractivity contribution in [2.24, 2.45) is 5.73 Å². The molecule has 1 rings (SSSR count). The van der Waals surface area contributed by atoms with Crippen LogP contribution in [-0.4, -0.2) is 12.6 Å². The summed E-state index contributed by atoms with van der Waals surface area (Å²) in [6.07, 6.45) is -3.75. The van der Waals surface area contributed by atoms with E-state index in [1.165, 1.54) is 12.1 Å². The Morgan fingerprint density at radius 3 is 2.59 bits per heavy atom. The molecule has 0 saturated heterocycles. The van der Waals surface area contributed by atoms with Gasteiger partial charge in [-0.25, -0.2) is 0 Å². The van der Waals surface area contributed by atoms with Gasteiger partial charge < -0.3 is 11.1 Å². The number of nitrogens with two attached hydrogens (primary N) is 1. The highest BCUT2D eigenvalue weighted by molar-refractivity contribution is 6.31. The van der Waals surface area contributed by atoms with E-state index in [4.69, 9.17) is 17.3 Å². The normalized spacial score (nSPS) is 13.5. The van der Waals surface area contributed by atoms with E-state index in [2.05, 4.69) is 5.32 Å². The Morgan fingerprint density at radius 2 is 2.06 bits per heavy atom. The van der Waals surface area contributed by atoms with E-state index in [0.29, 0.717) is 18.7 Å². The first-order valence-corrected chi connectivity index (χ1v) is 5.54. The van der Waals surface area contributed by atoms with E-state index in [0.717, 1.165) is 6.07 Å². The van der Waals surface area contributed by atoms with Crippen LogP contribution in [0.4, 0.5) is 18.9 Å². The zero-order valence-electron chi connectivity index (χ0n) is 9.31. The molecule has 17 heavy (non-hydrogen) atoms. The second-order valence-electron chi connectivity index (χ2n) is 3.89. The summed E-state index contributed by atoms with van der Waals surface area (Å²) in [7, 11) is 0. The second-order valence-corrected chi connectivity index (χ2v) is 4.29. The number of hydrogen-bond donors (Lipinski definition) is 2. The predicted octanol–water partition coefficient (Wildman–Crippen LogP) is 3.51. The van der Waals surface area contributed by atoms with Crippen LogP contribution in [0.25, 0.3) is 0 Å². The van der Waals surface area contributed by atoms with Crippen molar-refractivity contribution in [2.75, 3.05) is 11.9 Å². The molecule has 0 aliphatic heterocycles. The maximum absolute atomic E-state index is 12.5. The van der Waals surface area contributed by atoms with Crippen molar-refractivity contribution in [3.63, 3.8) is 0 Å². The molecule has 96 valence electrons. The van der Waals surface area contributed by atoms with E-state index in [9.17, 15) is 13.2 Å². The van der Waals surface area contributed by atoms with Crippen molar-refractivity contribution in [3.8, 4) is 0 Å². The van der Waals surface area contributed by atoms with Crippen LogP contribution in [-0.2, 0) is 6.18 Å². The first-order chi connectivity index (χ1) is 7.80. The maximum atomic E-state index is 12.5. The van der Waals surface area contributed by atoms with E-state index in [-0.39, 0.29) is 11.1 Å². The van der Waals surface area contributed by atoms with Crippen LogP contribution in [0.3, 0.4) is 0 Å². The Balaban J connectivity index is 2.76. The first kappa shape index (κ1) is 14.1. The maximum Gasteiger partial charge on any atom is 0.417 e. The Hall–Kier alpha value is -0.940. The summed E-state index contributed by atoms with van der Waals surface area (Å²) >= 11 is 5.50. The van der Waals surface area contributed by atoms with Gasteiger partial charge in [0.15, 0.2) is 0 Å². The molecule has 1 aromatic rings. The monoisotopic (exact) mass is 266 g/mol. The molecular weight excluding hydrogens is 253 g/mol. The minimum absolute atomic E-state index is 0.0110. The van der Waals surface area contributed by atoms with Gasteiger partial charge in [0.1, 0.15) is 0 Å². The Bertz CT molecular complexity index is 377. The smallest absolute Gasteiger partial charge is 0.385 e. The summed E-state index contributed by atoms with van der Waals surface area (Å²) in [5.41, 5.74) is 5.10. The lowest BCUT2D eigenvalue weighted by Crippen LogP contribution is -2.19. The molecule has 2 nitrogen and oxygen atoms in total. The third-order valence-electron chi connectivity index (χ3n) is 2.20. The van der Waals surface area contributed by atoms with Gasteiger partial charge in [-0.3, -0.25) is 0 Å². The third kappa shape index (κ3) is 4.44. The zero-order valence-corrected chi connectivity index (χ0v) is 10.1. The van der Waals surface area contributed by atoms with Crippen molar-refractivity contribution < 1.29 is 13.2 Å². The van der Waals surface area contributed by atoms with Crippen molar-refractivity contribution in [1.29, 1.82) is 0 Å².